The highest BCUT2D eigenvalue weighted by Gasteiger charge is 2.30. The smallest absolute Gasteiger partial charge is 0.236 e. The van der Waals surface area contributed by atoms with E-state index in [1.165, 1.54) is 11.1 Å². The summed E-state index contributed by atoms with van der Waals surface area (Å²) >= 11 is 0. The number of pyridine rings is 1. The van der Waals surface area contributed by atoms with Crippen molar-refractivity contribution < 1.29 is 9.47 Å². The van der Waals surface area contributed by atoms with Crippen molar-refractivity contribution in [2.24, 2.45) is 32.7 Å². The summed E-state index contributed by atoms with van der Waals surface area (Å²) in [6, 6.07) is 2.71. The second kappa shape index (κ2) is 10.4. The lowest BCUT2D eigenvalue weighted by Gasteiger charge is -2.22. The van der Waals surface area contributed by atoms with Crippen molar-refractivity contribution in [1.29, 1.82) is 0 Å². The molecule has 0 radical (unpaired) electrons. The largest absolute Gasteiger partial charge is 0.474 e. The molecule has 2 aliphatic rings. The Bertz CT molecular complexity index is 845. The molecule has 2 atom stereocenters. The number of rotatable bonds is 8. The van der Waals surface area contributed by atoms with Gasteiger partial charge in [-0.15, -0.1) is 0 Å². The van der Waals surface area contributed by atoms with Gasteiger partial charge in [0.2, 0.25) is 11.8 Å². The molecule has 1 aromatic heterocycles. The van der Waals surface area contributed by atoms with Crippen molar-refractivity contribution in [1.82, 2.24) is 4.98 Å². The quantitative estimate of drug-likeness (QED) is 0.429. The average molecular weight is 470 g/mol. The number of hydrogen-bond acceptors (Lipinski definition) is 5. The van der Waals surface area contributed by atoms with Crippen molar-refractivity contribution in [3.63, 3.8) is 0 Å². The summed E-state index contributed by atoms with van der Waals surface area (Å²) in [6.07, 6.45) is 4.05. The van der Waals surface area contributed by atoms with Gasteiger partial charge in [-0.3, -0.25) is 0 Å². The lowest BCUT2D eigenvalue weighted by molar-refractivity contribution is 0.289. The number of aryl methyl sites for hydroxylation is 2. The van der Waals surface area contributed by atoms with E-state index in [9.17, 15) is 0 Å². The van der Waals surface area contributed by atoms with Crippen LogP contribution in [0.15, 0.2) is 16.1 Å². The summed E-state index contributed by atoms with van der Waals surface area (Å²) < 4.78 is 12.2. The molecule has 0 N–H and O–H groups in total. The van der Waals surface area contributed by atoms with Gasteiger partial charge in [0.05, 0.1) is 12.1 Å². The first-order valence-corrected chi connectivity index (χ1v) is 13.2. The summed E-state index contributed by atoms with van der Waals surface area (Å²) in [4.78, 5) is 15.1. The Labute approximate surface area is 207 Å². The molecule has 0 saturated carbocycles. The Kier molecular flexibility index (Phi) is 8.14. The van der Waals surface area contributed by atoms with E-state index in [0.717, 1.165) is 37.1 Å². The number of aromatic nitrogens is 1. The van der Waals surface area contributed by atoms with E-state index in [2.05, 4.69) is 75.3 Å². The first-order chi connectivity index (χ1) is 15.7. The van der Waals surface area contributed by atoms with Crippen LogP contribution in [0.2, 0.25) is 0 Å². The van der Waals surface area contributed by atoms with E-state index >= 15 is 0 Å². The SMILES string of the molecule is CC(C)C1COC(c2nc(C3=NC(C(C)C)CO3)c(CCC(C)(C)C)cc2CCC(C)(C)C)=N1. The third kappa shape index (κ3) is 7.05. The zero-order valence-electron chi connectivity index (χ0n) is 23.3. The second-order valence-corrected chi connectivity index (χ2v) is 13.2. The molecule has 3 heterocycles. The standard InChI is InChI=1S/C29H47N3O2/c1-18(2)22-16-33-26(30-22)24-20(11-13-28(5,6)7)15-21(12-14-29(8,9)10)25(32-24)27-31-23(17-34-27)19(3)4/h15,18-19,22-23H,11-14,16-17H2,1-10H3. The minimum Gasteiger partial charge on any atom is -0.474 e. The molecule has 34 heavy (non-hydrogen) atoms. The Morgan fingerprint density at radius 1 is 0.735 bits per heavy atom. The molecule has 1 aromatic rings. The fourth-order valence-corrected chi connectivity index (χ4v) is 4.09. The molecular weight excluding hydrogens is 422 g/mol. The van der Waals surface area contributed by atoms with Crippen molar-refractivity contribution in [2.45, 2.75) is 107 Å². The molecule has 0 amide bonds. The Hall–Kier alpha value is -1.91. The zero-order valence-corrected chi connectivity index (χ0v) is 23.3. The van der Waals surface area contributed by atoms with Gasteiger partial charge in [0.15, 0.2) is 0 Å². The van der Waals surface area contributed by atoms with Crippen LogP contribution < -0.4 is 0 Å². The van der Waals surface area contributed by atoms with Gasteiger partial charge in [-0.1, -0.05) is 75.3 Å². The van der Waals surface area contributed by atoms with Crippen LogP contribution in [0.25, 0.3) is 0 Å². The molecule has 3 rings (SSSR count). The Morgan fingerprint density at radius 3 is 1.41 bits per heavy atom. The van der Waals surface area contributed by atoms with Crippen LogP contribution in [0.3, 0.4) is 0 Å². The van der Waals surface area contributed by atoms with Crippen LogP contribution in [-0.2, 0) is 22.3 Å². The second-order valence-electron chi connectivity index (χ2n) is 13.2. The fraction of sp³-hybridized carbons (Fsp3) is 0.759. The van der Waals surface area contributed by atoms with E-state index in [4.69, 9.17) is 24.4 Å². The maximum Gasteiger partial charge on any atom is 0.236 e. The van der Waals surface area contributed by atoms with Gasteiger partial charge in [-0.25, -0.2) is 15.0 Å². The predicted octanol–water partition coefficient (Wildman–Crippen LogP) is 6.64. The molecule has 5 nitrogen and oxygen atoms in total. The van der Waals surface area contributed by atoms with E-state index in [1.807, 2.05) is 0 Å². The number of aliphatic imine (C=N–C) groups is 2. The molecular formula is C29H47N3O2. The minimum absolute atomic E-state index is 0.182. The maximum absolute atomic E-state index is 6.12. The summed E-state index contributed by atoms with van der Waals surface area (Å²) in [5.74, 6) is 2.25. The molecule has 5 heteroatoms. The fourth-order valence-electron chi connectivity index (χ4n) is 4.09. The molecule has 2 unspecified atom stereocenters. The molecule has 0 fully saturated rings. The molecule has 0 aromatic carbocycles. The molecule has 0 saturated heterocycles. The normalized spacial score (nSPS) is 21.1. The minimum atomic E-state index is 0.182. The predicted molar refractivity (Wildman–Crippen MR) is 142 cm³/mol. The van der Waals surface area contributed by atoms with Gasteiger partial charge in [0.25, 0.3) is 0 Å². The van der Waals surface area contributed by atoms with Gasteiger partial charge in [-0.05, 0) is 59.5 Å². The monoisotopic (exact) mass is 469 g/mol. The van der Waals surface area contributed by atoms with Crippen LogP contribution in [-0.4, -0.2) is 42.1 Å². The van der Waals surface area contributed by atoms with Crippen molar-refractivity contribution >= 4 is 11.8 Å². The molecule has 190 valence electrons. The topological polar surface area (TPSA) is 56.1 Å². The average Bonchev–Trinajstić information content (AvgIpc) is 3.39. The maximum atomic E-state index is 6.12. The zero-order chi connectivity index (χ0) is 25.3. The first kappa shape index (κ1) is 26.7. The van der Waals surface area contributed by atoms with Crippen molar-refractivity contribution in [2.75, 3.05) is 13.2 Å². The Balaban J connectivity index is 2.10. The number of hydrogen-bond donors (Lipinski definition) is 0. The third-order valence-corrected chi connectivity index (χ3v) is 6.76. The van der Waals surface area contributed by atoms with Gasteiger partial charge in [-0.2, -0.15) is 0 Å². The lowest BCUT2D eigenvalue weighted by atomic mass is 9.86. The van der Waals surface area contributed by atoms with Crippen LogP contribution >= 0.6 is 0 Å². The van der Waals surface area contributed by atoms with E-state index in [1.54, 1.807) is 0 Å². The van der Waals surface area contributed by atoms with Gasteiger partial charge in [0, 0.05) is 0 Å². The van der Waals surface area contributed by atoms with E-state index in [-0.39, 0.29) is 22.9 Å². The van der Waals surface area contributed by atoms with E-state index in [0.29, 0.717) is 36.8 Å². The molecule has 0 bridgehead atoms. The van der Waals surface area contributed by atoms with Gasteiger partial charge in [0.1, 0.15) is 24.6 Å². The summed E-state index contributed by atoms with van der Waals surface area (Å²) in [6.45, 7) is 23.8. The van der Waals surface area contributed by atoms with Crippen molar-refractivity contribution in [3.8, 4) is 0 Å². The summed E-state index contributed by atoms with van der Waals surface area (Å²) in [5.41, 5.74) is 4.68. The Morgan fingerprint density at radius 2 is 1.12 bits per heavy atom. The lowest BCUT2D eigenvalue weighted by Crippen LogP contribution is -2.18. The van der Waals surface area contributed by atoms with E-state index < -0.39 is 0 Å². The van der Waals surface area contributed by atoms with Crippen LogP contribution in [0.1, 0.15) is 105 Å². The third-order valence-electron chi connectivity index (χ3n) is 6.76. The highest BCUT2D eigenvalue weighted by molar-refractivity contribution is 5.99. The van der Waals surface area contributed by atoms with Crippen LogP contribution in [0, 0.1) is 22.7 Å². The van der Waals surface area contributed by atoms with Gasteiger partial charge < -0.3 is 9.47 Å². The number of ether oxygens (including phenoxy) is 2. The number of nitrogens with zero attached hydrogens (tertiary/aromatic N) is 3. The van der Waals surface area contributed by atoms with Gasteiger partial charge >= 0.3 is 0 Å². The summed E-state index contributed by atoms with van der Waals surface area (Å²) in [5, 5.41) is 0. The highest BCUT2D eigenvalue weighted by Crippen LogP contribution is 2.30. The van der Waals surface area contributed by atoms with Crippen LogP contribution in [0.4, 0.5) is 0 Å². The van der Waals surface area contributed by atoms with Crippen molar-refractivity contribution in [3.05, 3.63) is 28.6 Å². The highest BCUT2D eigenvalue weighted by atomic mass is 16.5. The summed E-state index contributed by atoms with van der Waals surface area (Å²) in [7, 11) is 0. The molecule has 0 spiro atoms. The van der Waals surface area contributed by atoms with Crippen LogP contribution in [0.5, 0.6) is 0 Å². The molecule has 0 aliphatic carbocycles. The molecule has 2 aliphatic heterocycles. The first-order valence-electron chi connectivity index (χ1n) is 13.2.